The Bertz CT molecular complexity index is 492. The third-order valence-corrected chi connectivity index (χ3v) is 4.91. The van der Waals surface area contributed by atoms with Gasteiger partial charge in [0, 0.05) is 25.2 Å². The minimum absolute atomic E-state index is 0.111. The molecule has 1 aliphatic rings. The highest BCUT2D eigenvalue weighted by atomic mass is 16.5. The predicted molar refractivity (Wildman–Crippen MR) is 97.4 cm³/mol. The zero-order chi connectivity index (χ0) is 17.4. The highest BCUT2D eigenvalue weighted by Crippen LogP contribution is 2.19. The molecule has 1 aromatic carbocycles. The van der Waals surface area contributed by atoms with Gasteiger partial charge >= 0.3 is 0 Å². The number of amides is 1. The van der Waals surface area contributed by atoms with E-state index in [9.17, 15) is 4.79 Å². The number of carbonyl (C=O) groups is 1. The number of likely N-dealkylation sites (tertiary alicyclic amines) is 1. The van der Waals surface area contributed by atoms with Crippen LogP contribution in [0.1, 0.15) is 37.0 Å². The second-order valence-corrected chi connectivity index (χ2v) is 6.37. The van der Waals surface area contributed by atoms with Gasteiger partial charge in [-0.05, 0) is 62.7 Å². The van der Waals surface area contributed by atoms with Gasteiger partial charge in [0.2, 0.25) is 0 Å². The van der Waals surface area contributed by atoms with Crippen LogP contribution in [0.15, 0.2) is 24.3 Å². The molecule has 24 heavy (non-hydrogen) atoms. The van der Waals surface area contributed by atoms with Crippen LogP contribution in [-0.4, -0.2) is 61.6 Å². The van der Waals surface area contributed by atoms with Crippen molar-refractivity contribution >= 4 is 5.91 Å². The third-order valence-electron chi connectivity index (χ3n) is 4.91. The maximum absolute atomic E-state index is 12.5. The topological polar surface area (TPSA) is 58.8 Å². The van der Waals surface area contributed by atoms with E-state index in [0.717, 1.165) is 63.4 Å². The van der Waals surface area contributed by atoms with Gasteiger partial charge < -0.3 is 20.3 Å². The lowest BCUT2D eigenvalue weighted by Gasteiger charge is -2.31. The molecule has 0 radical (unpaired) electrons. The number of hydrogen-bond donors (Lipinski definition) is 1. The molecule has 5 heteroatoms. The molecule has 0 atom stereocenters. The average molecular weight is 333 g/mol. The summed E-state index contributed by atoms with van der Waals surface area (Å²) in [6, 6.07) is 7.51. The molecule has 0 spiro atoms. The van der Waals surface area contributed by atoms with Gasteiger partial charge in [0.05, 0.1) is 0 Å². The first kappa shape index (κ1) is 18.7. The fourth-order valence-corrected chi connectivity index (χ4v) is 3.08. The summed E-state index contributed by atoms with van der Waals surface area (Å²) in [5.41, 5.74) is 6.44. The zero-order valence-corrected chi connectivity index (χ0v) is 15.0. The minimum Gasteiger partial charge on any atom is -0.492 e. The normalized spacial score (nSPS) is 15.8. The molecule has 5 nitrogen and oxygen atoms in total. The van der Waals surface area contributed by atoms with Crippen LogP contribution >= 0.6 is 0 Å². The lowest BCUT2D eigenvalue weighted by Crippen LogP contribution is -2.40. The van der Waals surface area contributed by atoms with E-state index in [1.807, 2.05) is 29.2 Å². The first-order chi connectivity index (χ1) is 11.7. The summed E-state index contributed by atoms with van der Waals surface area (Å²) in [6.07, 6.45) is 2.02. The van der Waals surface area contributed by atoms with Crippen LogP contribution in [0.2, 0.25) is 0 Å². The average Bonchev–Trinajstić information content (AvgIpc) is 2.65. The Balaban J connectivity index is 1.82. The number of nitrogens with zero attached hydrogens (tertiary/aromatic N) is 2. The molecule has 0 aliphatic carbocycles. The van der Waals surface area contributed by atoms with E-state index >= 15 is 0 Å². The van der Waals surface area contributed by atoms with E-state index in [0.29, 0.717) is 12.5 Å². The number of benzene rings is 1. The summed E-state index contributed by atoms with van der Waals surface area (Å²) in [7, 11) is 0. The molecule has 1 aliphatic heterocycles. The van der Waals surface area contributed by atoms with Gasteiger partial charge in [0.1, 0.15) is 12.4 Å². The smallest absolute Gasteiger partial charge is 0.253 e. The molecule has 2 N–H and O–H groups in total. The van der Waals surface area contributed by atoms with Gasteiger partial charge in [-0.1, -0.05) is 13.8 Å². The fraction of sp³-hybridized carbons (Fsp3) is 0.632. The minimum atomic E-state index is 0.111. The summed E-state index contributed by atoms with van der Waals surface area (Å²) in [6.45, 7) is 10.3. The highest BCUT2D eigenvalue weighted by Gasteiger charge is 2.22. The number of hydrogen-bond acceptors (Lipinski definition) is 4. The van der Waals surface area contributed by atoms with Crippen LogP contribution < -0.4 is 10.5 Å². The monoisotopic (exact) mass is 333 g/mol. The molecule has 0 saturated carbocycles. The Labute approximate surface area is 145 Å². The Hall–Kier alpha value is -1.59. The summed E-state index contributed by atoms with van der Waals surface area (Å²) in [5.74, 6) is 1.50. The number of ether oxygens (including phenoxy) is 1. The fourth-order valence-electron chi connectivity index (χ4n) is 3.08. The van der Waals surface area contributed by atoms with Crippen LogP contribution in [0, 0.1) is 5.92 Å². The molecule has 1 aromatic rings. The Kier molecular flexibility index (Phi) is 7.53. The number of nitrogens with two attached hydrogens (primary N) is 1. The van der Waals surface area contributed by atoms with Crippen molar-refractivity contribution in [3.63, 3.8) is 0 Å². The van der Waals surface area contributed by atoms with Crippen molar-refractivity contribution in [2.24, 2.45) is 11.7 Å². The molecule has 1 amide bonds. The SMILES string of the molecule is CCN(CC)CCOc1ccc(C(=O)N2CCC(CN)CC2)cc1. The van der Waals surface area contributed by atoms with Crippen LogP contribution in [0.5, 0.6) is 5.75 Å². The largest absolute Gasteiger partial charge is 0.492 e. The maximum Gasteiger partial charge on any atom is 0.253 e. The maximum atomic E-state index is 12.5. The molecule has 0 unspecified atom stereocenters. The lowest BCUT2D eigenvalue weighted by atomic mass is 9.96. The van der Waals surface area contributed by atoms with Crippen molar-refractivity contribution in [1.82, 2.24) is 9.80 Å². The summed E-state index contributed by atoms with van der Waals surface area (Å²) in [4.78, 5) is 16.8. The van der Waals surface area contributed by atoms with E-state index in [1.54, 1.807) is 0 Å². The summed E-state index contributed by atoms with van der Waals surface area (Å²) in [5, 5.41) is 0. The molecular formula is C19H31N3O2. The van der Waals surface area contributed by atoms with Gasteiger partial charge in [-0.25, -0.2) is 0 Å². The first-order valence-electron chi connectivity index (χ1n) is 9.12. The van der Waals surface area contributed by atoms with Crippen LogP contribution in [0.25, 0.3) is 0 Å². The number of piperidine rings is 1. The number of likely N-dealkylation sites (N-methyl/N-ethyl adjacent to an activating group) is 1. The number of carbonyl (C=O) groups excluding carboxylic acids is 1. The molecule has 1 heterocycles. The van der Waals surface area contributed by atoms with E-state index < -0.39 is 0 Å². The molecule has 1 fully saturated rings. The third kappa shape index (κ3) is 5.21. The second kappa shape index (κ2) is 9.64. The summed E-state index contributed by atoms with van der Waals surface area (Å²) >= 11 is 0. The molecule has 0 bridgehead atoms. The molecule has 134 valence electrons. The van der Waals surface area contributed by atoms with Gasteiger partial charge in [-0.2, -0.15) is 0 Å². The molecule has 2 rings (SSSR count). The lowest BCUT2D eigenvalue weighted by molar-refractivity contribution is 0.0693. The highest BCUT2D eigenvalue weighted by molar-refractivity contribution is 5.94. The zero-order valence-electron chi connectivity index (χ0n) is 15.0. The first-order valence-corrected chi connectivity index (χ1v) is 9.12. The van der Waals surface area contributed by atoms with Gasteiger partial charge in [0.15, 0.2) is 0 Å². The van der Waals surface area contributed by atoms with Crippen LogP contribution in [-0.2, 0) is 0 Å². The predicted octanol–water partition coefficient (Wildman–Crippen LogP) is 2.22. The number of rotatable bonds is 8. The van der Waals surface area contributed by atoms with Gasteiger partial charge in [-0.15, -0.1) is 0 Å². The Morgan fingerprint density at radius 1 is 1.21 bits per heavy atom. The van der Waals surface area contributed by atoms with Crippen LogP contribution in [0.4, 0.5) is 0 Å². The molecule has 0 aromatic heterocycles. The van der Waals surface area contributed by atoms with Crippen molar-refractivity contribution < 1.29 is 9.53 Å². The van der Waals surface area contributed by atoms with Crippen LogP contribution in [0.3, 0.4) is 0 Å². The van der Waals surface area contributed by atoms with Gasteiger partial charge in [0.25, 0.3) is 5.91 Å². The summed E-state index contributed by atoms with van der Waals surface area (Å²) < 4.78 is 5.77. The quantitative estimate of drug-likeness (QED) is 0.792. The van der Waals surface area contributed by atoms with Crippen molar-refractivity contribution in [2.75, 3.05) is 45.9 Å². The standard InChI is InChI=1S/C19H31N3O2/c1-3-21(4-2)13-14-24-18-7-5-17(6-8-18)19(23)22-11-9-16(15-20)10-12-22/h5-8,16H,3-4,9-15,20H2,1-2H3. The van der Waals surface area contributed by atoms with Crippen molar-refractivity contribution in [2.45, 2.75) is 26.7 Å². The van der Waals surface area contributed by atoms with E-state index in [-0.39, 0.29) is 5.91 Å². The molecular weight excluding hydrogens is 302 g/mol. The Morgan fingerprint density at radius 3 is 2.38 bits per heavy atom. The Morgan fingerprint density at radius 2 is 1.83 bits per heavy atom. The van der Waals surface area contributed by atoms with Crippen molar-refractivity contribution in [3.8, 4) is 5.75 Å². The van der Waals surface area contributed by atoms with Crippen molar-refractivity contribution in [1.29, 1.82) is 0 Å². The van der Waals surface area contributed by atoms with E-state index in [2.05, 4.69) is 18.7 Å². The van der Waals surface area contributed by atoms with E-state index in [4.69, 9.17) is 10.5 Å². The van der Waals surface area contributed by atoms with E-state index in [1.165, 1.54) is 0 Å². The van der Waals surface area contributed by atoms with Crippen molar-refractivity contribution in [3.05, 3.63) is 29.8 Å². The second-order valence-electron chi connectivity index (χ2n) is 6.37. The van der Waals surface area contributed by atoms with Gasteiger partial charge in [-0.3, -0.25) is 4.79 Å². The molecule has 1 saturated heterocycles.